The Kier molecular flexibility index (Phi) is 6.66. The van der Waals surface area contributed by atoms with Crippen molar-refractivity contribution in [3.63, 3.8) is 0 Å². The van der Waals surface area contributed by atoms with Crippen molar-refractivity contribution in [2.24, 2.45) is 0 Å². The highest BCUT2D eigenvalue weighted by molar-refractivity contribution is 5.98. The molecular weight excluding hydrogens is 354 g/mol. The largest absolute Gasteiger partial charge is 0.450 e. The Bertz CT molecular complexity index is 802. The molecule has 2 aromatic rings. The summed E-state index contributed by atoms with van der Waals surface area (Å²) in [6.45, 7) is 6.50. The lowest BCUT2D eigenvalue weighted by Gasteiger charge is -2.36. The molecule has 1 N–H and O–H groups in total. The van der Waals surface area contributed by atoms with Crippen molar-refractivity contribution in [3.8, 4) is 11.1 Å². The lowest BCUT2D eigenvalue weighted by molar-refractivity contribution is -0.121. The summed E-state index contributed by atoms with van der Waals surface area (Å²) in [5.41, 5.74) is 2.86. The van der Waals surface area contributed by atoms with Gasteiger partial charge in [-0.25, -0.2) is 4.79 Å². The van der Waals surface area contributed by atoms with Crippen molar-refractivity contribution in [1.82, 2.24) is 9.80 Å². The lowest BCUT2D eigenvalue weighted by atomic mass is 10.0. The number of para-hydroxylation sites is 1. The quantitative estimate of drug-likeness (QED) is 0.862. The van der Waals surface area contributed by atoms with Crippen LogP contribution in [0.15, 0.2) is 54.6 Å². The number of carbonyl (C=O) groups excluding carboxylic acids is 2. The summed E-state index contributed by atoms with van der Waals surface area (Å²) < 4.78 is 5.05. The van der Waals surface area contributed by atoms with Crippen molar-refractivity contribution >= 4 is 17.7 Å². The molecule has 2 aromatic carbocycles. The van der Waals surface area contributed by atoms with E-state index in [1.165, 1.54) is 0 Å². The number of benzene rings is 2. The molecule has 148 valence electrons. The topological polar surface area (TPSA) is 61.9 Å². The molecule has 0 bridgehead atoms. The average molecular weight is 381 g/mol. The summed E-state index contributed by atoms with van der Waals surface area (Å²) >= 11 is 0. The molecular formula is C22H27N3O3. The molecule has 0 spiro atoms. The molecule has 6 nitrogen and oxygen atoms in total. The molecule has 28 heavy (non-hydrogen) atoms. The zero-order chi connectivity index (χ0) is 19.9. The summed E-state index contributed by atoms with van der Waals surface area (Å²) in [5, 5.41) is 3.07. The van der Waals surface area contributed by atoms with Gasteiger partial charge in [0.2, 0.25) is 5.91 Å². The summed E-state index contributed by atoms with van der Waals surface area (Å²) in [6.07, 6.45) is -0.281. The fraction of sp³-hybridized carbons (Fsp3) is 0.364. The molecule has 2 amide bonds. The van der Waals surface area contributed by atoms with E-state index in [9.17, 15) is 9.59 Å². The third-order valence-electron chi connectivity index (χ3n) is 5.04. The van der Waals surface area contributed by atoms with Crippen LogP contribution in [0.2, 0.25) is 0 Å². The number of anilines is 1. The minimum atomic E-state index is -0.284. The molecule has 1 atom stereocenters. The van der Waals surface area contributed by atoms with Gasteiger partial charge in [-0.15, -0.1) is 0 Å². The lowest BCUT2D eigenvalue weighted by Crippen LogP contribution is -2.54. The van der Waals surface area contributed by atoms with Gasteiger partial charge in [0.15, 0.2) is 0 Å². The van der Waals surface area contributed by atoms with Gasteiger partial charge in [0.1, 0.15) is 0 Å². The molecule has 1 aliphatic rings. The molecule has 0 saturated carbocycles. The van der Waals surface area contributed by atoms with E-state index in [-0.39, 0.29) is 18.0 Å². The Balaban J connectivity index is 1.62. The van der Waals surface area contributed by atoms with Gasteiger partial charge in [-0.2, -0.15) is 0 Å². The Morgan fingerprint density at radius 1 is 1.00 bits per heavy atom. The monoisotopic (exact) mass is 381 g/mol. The van der Waals surface area contributed by atoms with Crippen LogP contribution in [0, 0.1) is 0 Å². The average Bonchev–Trinajstić information content (AvgIpc) is 2.74. The van der Waals surface area contributed by atoms with Crippen LogP contribution < -0.4 is 5.32 Å². The fourth-order valence-corrected chi connectivity index (χ4v) is 3.37. The van der Waals surface area contributed by atoms with Crippen LogP contribution in [-0.2, 0) is 9.53 Å². The van der Waals surface area contributed by atoms with Crippen LogP contribution in [0.1, 0.15) is 13.8 Å². The third kappa shape index (κ3) is 4.70. The number of nitrogens with one attached hydrogen (secondary N) is 1. The van der Waals surface area contributed by atoms with Gasteiger partial charge >= 0.3 is 6.09 Å². The third-order valence-corrected chi connectivity index (χ3v) is 5.04. The summed E-state index contributed by atoms with van der Waals surface area (Å²) in [7, 11) is 0. The molecule has 1 heterocycles. The van der Waals surface area contributed by atoms with Gasteiger partial charge in [0.05, 0.1) is 12.6 Å². The van der Waals surface area contributed by atoms with E-state index in [0.29, 0.717) is 32.8 Å². The van der Waals surface area contributed by atoms with Gasteiger partial charge in [0, 0.05) is 37.4 Å². The van der Waals surface area contributed by atoms with Crippen LogP contribution in [0.4, 0.5) is 10.5 Å². The standard InChI is InChI=1S/C22H27N3O3/c1-3-28-22(27)25-15-13-24(14-16-25)17(2)21(26)23-20-12-8-7-11-19(20)18-9-5-4-6-10-18/h4-12,17H,3,13-16H2,1-2H3,(H,23,26)/t17-/m0/s1. The Morgan fingerprint density at radius 3 is 2.32 bits per heavy atom. The number of carbonyl (C=O) groups is 2. The maximum absolute atomic E-state index is 12.9. The van der Waals surface area contributed by atoms with Crippen molar-refractivity contribution in [3.05, 3.63) is 54.6 Å². The predicted molar refractivity (Wildman–Crippen MR) is 110 cm³/mol. The van der Waals surface area contributed by atoms with Crippen LogP contribution in [0.5, 0.6) is 0 Å². The molecule has 0 unspecified atom stereocenters. The Labute approximate surface area is 166 Å². The first-order chi connectivity index (χ1) is 13.6. The number of hydrogen-bond donors (Lipinski definition) is 1. The number of piperazine rings is 1. The molecule has 1 aliphatic heterocycles. The number of ether oxygens (including phenoxy) is 1. The number of rotatable bonds is 5. The highest BCUT2D eigenvalue weighted by Gasteiger charge is 2.28. The zero-order valence-corrected chi connectivity index (χ0v) is 16.4. The van der Waals surface area contributed by atoms with E-state index >= 15 is 0 Å². The molecule has 1 saturated heterocycles. The first-order valence-electron chi connectivity index (χ1n) is 9.71. The summed E-state index contributed by atoms with van der Waals surface area (Å²) in [4.78, 5) is 28.5. The van der Waals surface area contributed by atoms with Gasteiger partial charge in [-0.05, 0) is 25.5 Å². The van der Waals surface area contributed by atoms with Crippen LogP contribution >= 0.6 is 0 Å². The van der Waals surface area contributed by atoms with Crippen molar-refractivity contribution in [2.75, 3.05) is 38.1 Å². The molecule has 0 aliphatic carbocycles. The van der Waals surface area contributed by atoms with Crippen molar-refractivity contribution in [1.29, 1.82) is 0 Å². The van der Waals surface area contributed by atoms with E-state index in [1.807, 2.05) is 61.5 Å². The molecule has 3 rings (SSSR count). The second kappa shape index (κ2) is 9.37. The second-order valence-electron chi connectivity index (χ2n) is 6.80. The van der Waals surface area contributed by atoms with E-state index < -0.39 is 0 Å². The summed E-state index contributed by atoms with van der Waals surface area (Å²) in [6, 6.07) is 17.5. The Hall–Kier alpha value is -2.86. The van der Waals surface area contributed by atoms with Gasteiger partial charge in [-0.1, -0.05) is 48.5 Å². The van der Waals surface area contributed by atoms with Gasteiger partial charge in [-0.3, -0.25) is 9.69 Å². The van der Waals surface area contributed by atoms with E-state index in [1.54, 1.807) is 11.8 Å². The van der Waals surface area contributed by atoms with E-state index in [2.05, 4.69) is 10.2 Å². The second-order valence-corrected chi connectivity index (χ2v) is 6.80. The molecule has 1 fully saturated rings. The van der Waals surface area contributed by atoms with Crippen LogP contribution in [0.3, 0.4) is 0 Å². The van der Waals surface area contributed by atoms with E-state index in [4.69, 9.17) is 4.74 Å². The maximum atomic E-state index is 12.9. The molecule has 0 radical (unpaired) electrons. The smallest absolute Gasteiger partial charge is 0.409 e. The molecule has 6 heteroatoms. The van der Waals surface area contributed by atoms with Gasteiger partial charge in [0.25, 0.3) is 0 Å². The molecule has 0 aromatic heterocycles. The SMILES string of the molecule is CCOC(=O)N1CCN([C@@H](C)C(=O)Nc2ccccc2-c2ccccc2)CC1. The normalized spacial score (nSPS) is 15.7. The minimum Gasteiger partial charge on any atom is -0.450 e. The predicted octanol–water partition coefficient (Wildman–Crippen LogP) is 3.45. The minimum absolute atomic E-state index is 0.0482. The highest BCUT2D eigenvalue weighted by Crippen LogP contribution is 2.27. The van der Waals surface area contributed by atoms with Crippen LogP contribution in [0.25, 0.3) is 11.1 Å². The summed E-state index contributed by atoms with van der Waals surface area (Å²) in [5.74, 6) is -0.0482. The highest BCUT2D eigenvalue weighted by atomic mass is 16.6. The van der Waals surface area contributed by atoms with Crippen molar-refractivity contribution < 1.29 is 14.3 Å². The number of hydrogen-bond acceptors (Lipinski definition) is 4. The van der Waals surface area contributed by atoms with E-state index in [0.717, 1.165) is 16.8 Å². The number of nitrogens with zero attached hydrogens (tertiary/aromatic N) is 2. The van der Waals surface area contributed by atoms with Crippen molar-refractivity contribution in [2.45, 2.75) is 19.9 Å². The van der Waals surface area contributed by atoms with Gasteiger partial charge < -0.3 is 15.0 Å². The number of amides is 2. The Morgan fingerprint density at radius 2 is 1.64 bits per heavy atom. The fourth-order valence-electron chi connectivity index (χ4n) is 3.37. The van der Waals surface area contributed by atoms with Crippen LogP contribution in [-0.4, -0.2) is 60.6 Å². The zero-order valence-electron chi connectivity index (χ0n) is 16.4. The maximum Gasteiger partial charge on any atom is 0.409 e. The first kappa shape index (κ1) is 19.9. The first-order valence-corrected chi connectivity index (χ1v) is 9.71.